The summed E-state index contributed by atoms with van der Waals surface area (Å²) >= 11 is 1.17. The molecule has 6 nitrogen and oxygen atoms in total. The number of hydrogen-bond acceptors (Lipinski definition) is 5. The monoisotopic (exact) mass is 307 g/mol. The molecular weight excluding hydrogens is 290 g/mol. The number of anilines is 1. The minimum atomic E-state index is -1.10. The van der Waals surface area contributed by atoms with E-state index in [1.54, 1.807) is 38.1 Å². The van der Waals surface area contributed by atoms with E-state index in [0.717, 1.165) is 0 Å². The van der Waals surface area contributed by atoms with Crippen LogP contribution in [0.1, 0.15) is 19.4 Å². The zero-order valence-electron chi connectivity index (χ0n) is 11.8. The topological polar surface area (TPSA) is 116 Å². The number of nitriles is 1. The molecule has 7 heteroatoms. The molecule has 1 rings (SSSR count). The largest absolute Gasteiger partial charge is 0.480 e. The van der Waals surface area contributed by atoms with Gasteiger partial charge in [0.25, 0.3) is 0 Å². The van der Waals surface area contributed by atoms with Crippen molar-refractivity contribution in [3.05, 3.63) is 29.8 Å². The van der Waals surface area contributed by atoms with E-state index in [9.17, 15) is 9.59 Å². The molecule has 0 bridgehead atoms. The maximum Gasteiger partial charge on any atom is 0.321 e. The van der Waals surface area contributed by atoms with Crippen LogP contribution in [-0.4, -0.2) is 33.5 Å². The van der Waals surface area contributed by atoms with Crippen LogP contribution in [0.2, 0.25) is 0 Å². The van der Waals surface area contributed by atoms with E-state index in [4.69, 9.17) is 16.1 Å². The van der Waals surface area contributed by atoms with E-state index in [1.807, 2.05) is 6.07 Å². The van der Waals surface area contributed by atoms with Gasteiger partial charge < -0.3 is 16.2 Å². The zero-order chi connectivity index (χ0) is 16.0. The van der Waals surface area contributed by atoms with Crippen LogP contribution in [0.4, 0.5) is 5.69 Å². The van der Waals surface area contributed by atoms with Crippen LogP contribution in [-0.2, 0) is 9.59 Å². The third-order valence-corrected chi connectivity index (χ3v) is 4.27. The minimum Gasteiger partial charge on any atom is -0.480 e. The summed E-state index contributed by atoms with van der Waals surface area (Å²) in [7, 11) is 0. The lowest BCUT2D eigenvalue weighted by atomic mass is 10.1. The van der Waals surface area contributed by atoms with Gasteiger partial charge in [0.2, 0.25) is 5.91 Å². The second-order valence-electron chi connectivity index (χ2n) is 4.95. The van der Waals surface area contributed by atoms with Gasteiger partial charge in [0.15, 0.2) is 0 Å². The van der Waals surface area contributed by atoms with Gasteiger partial charge in [-0.05, 0) is 32.0 Å². The van der Waals surface area contributed by atoms with Gasteiger partial charge in [-0.15, -0.1) is 11.8 Å². The summed E-state index contributed by atoms with van der Waals surface area (Å²) in [6, 6.07) is 7.48. The van der Waals surface area contributed by atoms with Crippen molar-refractivity contribution in [2.45, 2.75) is 24.6 Å². The molecule has 21 heavy (non-hydrogen) atoms. The van der Waals surface area contributed by atoms with Crippen LogP contribution < -0.4 is 11.1 Å². The maximum atomic E-state index is 11.8. The Balaban J connectivity index is 2.58. The van der Waals surface area contributed by atoms with Gasteiger partial charge in [-0.3, -0.25) is 9.59 Å². The van der Waals surface area contributed by atoms with Gasteiger partial charge >= 0.3 is 5.97 Å². The van der Waals surface area contributed by atoms with Crippen LogP contribution in [0.5, 0.6) is 0 Å². The second-order valence-corrected chi connectivity index (χ2v) is 6.58. The van der Waals surface area contributed by atoms with Crippen molar-refractivity contribution in [2.75, 3.05) is 11.1 Å². The fourth-order valence-corrected chi connectivity index (χ4v) is 2.36. The Morgan fingerprint density at radius 2 is 2.19 bits per heavy atom. The van der Waals surface area contributed by atoms with Crippen molar-refractivity contribution in [2.24, 2.45) is 5.73 Å². The molecule has 1 atom stereocenters. The molecule has 0 aromatic heterocycles. The van der Waals surface area contributed by atoms with E-state index in [0.29, 0.717) is 11.3 Å². The highest BCUT2D eigenvalue weighted by Gasteiger charge is 2.33. The molecule has 1 aromatic carbocycles. The Morgan fingerprint density at radius 3 is 2.76 bits per heavy atom. The van der Waals surface area contributed by atoms with Gasteiger partial charge in [-0.1, -0.05) is 6.07 Å². The molecule has 0 spiro atoms. The highest BCUT2D eigenvalue weighted by atomic mass is 32.2. The summed E-state index contributed by atoms with van der Waals surface area (Å²) in [5, 5.41) is 20.3. The highest BCUT2D eigenvalue weighted by molar-refractivity contribution is 8.01. The molecule has 0 saturated heterocycles. The SMILES string of the molecule is CC(C)(SCC(=O)Nc1cccc(C#N)c1)[C@H](N)C(=O)O. The number of benzene rings is 1. The standard InChI is InChI=1S/C14H17N3O3S/c1-14(2,12(16)13(19)20)21-8-11(18)17-10-5-3-4-9(6-10)7-15/h3-6,12H,8,16H2,1-2H3,(H,17,18)(H,19,20)/t12-/m1/s1. The van der Waals surface area contributed by atoms with Crippen molar-refractivity contribution < 1.29 is 14.7 Å². The number of rotatable bonds is 6. The predicted molar refractivity (Wildman–Crippen MR) is 81.9 cm³/mol. The molecule has 0 aliphatic rings. The van der Waals surface area contributed by atoms with Crippen LogP contribution in [0, 0.1) is 11.3 Å². The minimum absolute atomic E-state index is 0.0742. The number of carbonyl (C=O) groups excluding carboxylic acids is 1. The van der Waals surface area contributed by atoms with Crippen molar-refractivity contribution in [3.63, 3.8) is 0 Å². The molecule has 0 unspecified atom stereocenters. The number of nitrogens with one attached hydrogen (secondary N) is 1. The predicted octanol–water partition coefficient (Wildman–Crippen LogP) is 1.42. The number of amides is 1. The Hall–Kier alpha value is -2.04. The quantitative estimate of drug-likeness (QED) is 0.732. The summed E-state index contributed by atoms with van der Waals surface area (Å²) in [6.45, 7) is 3.36. The highest BCUT2D eigenvalue weighted by Crippen LogP contribution is 2.27. The van der Waals surface area contributed by atoms with Crippen LogP contribution in [0.15, 0.2) is 24.3 Å². The molecule has 0 saturated carbocycles. The van der Waals surface area contributed by atoms with Crippen LogP contribution >= 0.6 is 11.8 Å². The summed E-state index contributed by atoms with van der Waals surface area (Å²) < 4.78 is -0.766. The van der Waals surface area contributed by atoms with Crippen molar-refractivity contribution in [3.8, 4) is 6.07 Å². The van der Waals surface area contributed by atoms with Gasteiger partial charge in [-0.25, -0.2) is 0 Å². The molecule has 0 heterocycles. The molecule has 0 aliphatic heterocycles. The maximum absolute atomic E-state index is 11.8. The number of carbonyl (C=O) groups is 2. The number of nitrogens with zero attached hydrogens (tertiary/aromatic N) is 1. The van der Waals surface area contributed by atoms with Gasteiger partial charge in [0.1, 0.15) is 6.04 Å². The summed E-state index contributed by atoms with van der Waals surface area (Å²) in [5.41, 5.74) is 6.56. The third-order valence-electron chi connectivity index (χ3n) is 2.87. The summed E-state index contributed by atoms with van der Waals surface area (Å²) in [4.78, 5) is 22.7. The van der Waals surface area contributed by atoms with Gasteiger partial charge in [0.05, 0.1) is 17.4 Å². The van der Waals surface area contributed by atoms with E-state index in [1.165, 1.54) is 11.8 Å². The molecule has 1 aromatic rings. The fourth-order valence-electron chi connectivity index (χ4n) is 1.50. The second kappa shape index (κ2) is 7.11. The van der Waals surface area contributed by atoms with Crippen molar-refractivity contribution in [1.82, 2.24) is 0 Å². The van der Waals surface area contributed by atoms with Crippen molar-refractivity contribution >= 4 is 29.3 Å². The first kappa shape index (κ1) is 17.0. The average molecular weight is 307 g/mol. The lowest BCUT2D eigenvalue weighted by Crippen LogP contribution is -2.47. The van der Waals surface area contributed by atoms with Crippen LogP contribution in [0.25, 0.3) is 0 Å². The first-order valence-corrected chi connectivity index (χ1v) is 7.17. The molecule has 4 N–H and O–H groups in total. The molecule has 0 radical (unpaired) electrons. The Labute approximate surface area is 127 Å². The normalized spacial score (nSPS) is 12.3. The number of thioether (sulfide) groups is 1. The summed E-state index contributed by atoms with van der Waals surface area (Å²) in [6.07, 6.45) is 0. The first-order chi connectivity index (χ1) is 9.76. The summed E-state index contributed by atoms with van der Waals surface area (Å²) in [5.74, 6) is -1.31. The number of carboxylic acids is 1. The fraction of sp³-hybridized carbons (Fsp3) is 0.357. The average Bonchev–Trinajstić information content (AvgIpc) is 2.44. The zero-order valence-corrected chi connectivity index (χ0v) is 12.6. The Kier molecular flexibility index (Phi) is 5.76. The van der Waals surface area contributed by atoms with Gasteiger partial charge in [-0.2, -0.15) is 5.26 Å². The Morgan fingerprint density at radius 1 is 1.52 bits per heavy atom. The molecular formula is C14H17N3O3S. The number of carboxylic acid groups (broad SMARTS) is 1. The van der Waals surface area contributed by atoms with E-state index >= 15 is 0 Å². The van der Waals surface area contributed by atoms with E-state index < -0.39 is 16.8 Å². The van der Waals surface area contributed by atoms with E-state index in [-0.39, 0.29) is 11.7 Å². The van der Waals surface area contributed by atoms with E-state index in [2.05, 4.69) is 5.32 Å². The lowest BCUT2D eigenvalue weighted by molar-refractivity contribution is -0.139. The van der Waals surface area contributed by atoms with Crippen molar-refractivity contribution in [1.29, 1.82) is 5.26 Å². The lowest BCUT2D eigenvalue weighted by Gasteiger charge is -2.27. The molecule has 0 fully saturated rings. The number of hydrogen-bond donors (Lipinski definition) is 3. The third kappa shape index (κ3) is 5.10. The molecule has 112 valence electrons. The number of nitrogens with two attached hydrogens (primary N) is 1. The van der Waals surface area contributed by atoms with Gasteiger partial charge in [0, 0.05) is 10.4 Å². The first-order valence-electron chi connectivity index (χ1n) is 6.18. The Bertz CT molecular complexity index is 581. The molecule has 1 amide bonds. The number of aliphatic carboxylic acids is 1. The smallest absolute Gasteiger partial charge is 0.321 e. The van der Waals surface area contributed by atoms with Crippen LogP contribution in [0.3, 0.4) is 0 Å². The molecule has 0 aliphatic carbocycles.